The molecule has 3 aromatic carbocycles. The van der Waals surface area contributed by atoms with Gasteiger partial charge in [-0.2, -0.15) is 0 Å². The van der Waals surface area contributed by atoms with Crippen molar-refractivity contribution in [2.75, 3.05) is 0 Å². The van der Waals surface area contributed by atoms with Gasteiger partial charge >= 0.3 is 0 Å². The van der Waals surface area contributed by atoms with Crippen molar-refractivity contribution in [2.45, 2.75) is 45.1 Å². The molecule has 152 valence electrons. The summed E-state index contributed by atoms with van der Waals surface area (Å²) in [4.78, 5) is 17.9. The van der Waals surface area contributed by atoms with Crippen LogP contribution in [0.25, 0.3) is 10.8 Å². The predicted molar refractivity (Wildman–Crippen MR) is 123 cm³/mol. The first-order valence-electron chi connectivity index (χ1n) is 10.6. The number of ketones is 1. The largest absolute Gasteiger partial charge is 0.511 e. The summed E-state index contributed by atoms with van der Waals surface area (Å²) in [6.45, 7) is 4.01. The summed E-state index contributed by atoms with van der Waals surface area (Å²) in [7, 11) is 0. The Morgan fingerprint density at radius 3 is 2.43 bits per heavy atom. The van der Waals surface area contributed by atoms with E-state index in [9.17, 15) is 9.90 Å². The predicted octanol–water partition coefficient (Wildman–Crippen LogP) is 6.19. The van der Waals surface area contributed by atoms with Gasteiger partial charge in [0.25, 0.3) is 0 Å². The summed E-state index contributed by atoms with van der Waals surface area (Å²) < 4.78 is 0. The molecule has 1 atom stereocenters. The Bertz CT molecular complexity index is 1120. The Balaban J connectivity index is 1.71. The van der Waals surface area contributed by atoms with Gasteiger partial charge in [0.15, 0.2) is 5.78 Å². The molecule has 0 aliphatic heterocycles. The van der Waals surface area contributed by atoms with Crippen LogP contribution >= 0.6 is 0 Å². The van der Waals surface area contributed by atoms with Crippen LogP contribution in [0.15, 0.2) is 89.1 Å². The highest BCUT2D eigenvalue weighted by atomic mass is 16.3. The average molecular weight is 398 g/mol. The second-order valence-electron chi connectivity index (χ2n) is 8.25. The molecule has 0 saturated heterocycles. The number of aliphatic hydroxyl groups excluding tert-OH is 1. The molecule has 0 bridgehead atoms. The van der Waals surface area contributed by atoms with Crippen molar-refractivity contribution in [3.05, 3.63) is 95.3 Å². The number of Topliss-reactive ketones (excluding diaryl/α,β-unsaturated/α-hetero) is 1. The van der Waals surface area contributed by atoms with Gasteiger partial charge in [-0.15, -0.1) is 0 Å². The third-order valence-corrected chi connectivity index (χ3v) is 5.65. The number of allylic oxidation sites excluding steroid dienone is 2. The van der Waals surface area contributed by atoms with Gasteiger partial charge in [0.2, 0.25) is 0 Å². The number of aliphatic imine (C=N–C) groups is 1. The van der Waals surface area contributed by atoms with Crippen molar-refractivity contribution in [1.29, 1.82) is 0 Å². The number of nitrogens with zero attached hydrogens (tertiary/aromatic N) is 1. The van der Waals surface area contributed by atoms with Gasteiger partial charge < -0.3 is 5.11 Å². The first-order chi connectivity index (χ1) is 14.5. The second kappa shape index (κ2) is 8.66. The minimum atomic E-state index is -0.0211. The number of rotatable bonds is 4. The zero-order chi connectivity index (χ0) is 21.1. The molecule has 1 aliphatic carbocycles. The van der Waals surface area contributed by atoms with Gasteiger partial charge in [-0.1, -0.05) is 72.8 Å². The van der Waals surface area contributed by atoms with Crippen LogP contribution in [-0.4, -0.2) is 22.6 Å². The Morgan fingerprint density at radius 2 is 1.67 bits per heavy atom. The summed E-state index contributed by atoms with van der Waals surface area (Å²) in [6.07, 6.45) is 1.40. The van der Waals surface area contributed by atoms with Crippen LogP contribution in [0.5, 0.6) is 0 Å². The fraction of sp³-hybridized carbons (Fsp3) is 0.259. The van der Waals surface area contributed by atoms with E-state index in [0.717, 1.165) is 27.6 Å². The fourth-order valence-corrected chi connectivity index (χ4v) is 4.33. The fourth-order valence-electron chi connectivity index (χ4n) is 4.33. The molecular formula is C27H27NO2. The Labute approximate surface area is 177 Å². The molecule has 1 unspecified atom stereocenters. The lowest BCUT2D eigenvalue weighted by Gasteiger charge is -2.26. The van der Waals surface area contributed by atoms with Crippen molar-refractivity contribution >= 4 is 22.3 Å². The zero-order valence-electron chi connectivity index (χ0n) is 17.5. The molecule has 30 heavy (non-hydrogen) atoms. The van der Waals surface area contributed by atoms with Crippen molar-refractivity contribution in [2.24, 2.45) is 4.99 Å². The number of hydrogen-bond acceptors (Lipinski definition) is 3. The standard InChI is InChI=1S/C27H27NO2/c1-18(2)28-24-15-22(19-9-4-3-5-10-19)17-26(30)27(24)25(29)16-21-13-8-12-20-11-6-7-14-23(20)21/h3-14,18,22,29H,15-17H2,1-2H3/b27-25+,28-24?. The molecule has 3 nitrogen and oxygen atoms in total. The molecule has 1 saturated carbocycles. The van der Waals surface area contributed by atoms with Gasteiger partial charge in [0, 0.05) is 24.6 Å². The minimum absolute atomic E-state index is 0.0211. The van der Waals surface area contributed by atoms with Crippen LogP contribution in [0, 0.1) is 0 Å². The molecule has 3 aromatic rings. The van der Waals surface area contributed by atoms with Gasteiger partial charge in [0.05, 0.1) is 5.57 Å². The van der Waals surface area contributed by atoms with E-state index in [2.05, 4.69) is 30.3 Å². The van der Waals surface area contributed by atoms with Crippen LogP contribution in [0.3, 0.4) is 0 Å². The number of carbonyl (C=O) groups is 1. The Hall–Kier alpha value is -3.20. The normalized spacial score (nSPS) is 20.2. The van der Waals surface area contributed by atoms with Gasteiger partial charge in [0.1, 0.15) is 5.76 Å². The minimum Gasteiger partial charge on any atom is -0.511 e. The smallest absolute Gasteiger partial charge is 0.168 e. The average Bonchev–Trinajstić information content (AvgIpc) is 2.74. The molecule has 4 rings (SSSR count). The molecule has 1 fully saturated rings. The summed E-state index contributed by atoms with van der Waals surface area (Å²) in [5.74, 6) is 0.208. The van der Waals surface area contributed by atoms with E-state index in [4.69, 9.17) is 4.99 Å². The molecule has 1 N–H and O–H groups in total. The van der Waals surface area contributed by atoms with Gasteiger partial charge in [-0.25, -0.2) is 0 Å². The van der Waals surface area contributed by atoms with E-state index in [0.29, 0.717) is 24.8 Å². The topological polar surface area (TPSA) is 49.7 Å². The first-order valence-corrected chi connectivity index (χ1v) is 10.6. The van der Waals surface area contributed by atoms with Gasteiger partial charge in [-0.3, -0.25) is 9.79 Å². The molecule has 0 amide bonds. The SMILES string of the molecule is CC(C)N=C1CC(c2ccccc2)CC(=O)/C1=C(/O)Cc1cccc2ccccc12. The number of aliphatic hydroxyl groups is 1. The van der Waals surface area contributed by atoms with Crippen molar-refractivity contribution < 1.29 is 9.90 Å². The zero-order valence-corrected chi connectivity index (χ0v) is 17.5. The number of fused-ring (bicyclic) bond motifs is 1. The van der Waals surface area contributed by atoms with E-state index < -0.39 is 0 Å². The molecular weight excluding hydrogens is 370 g/mol. The van der Waals surface area contributed by atoms with E-state index in [1.807, 2.05) is 56.3 Å². The number of hydrogen-bond donors (Lipinski definition) is 1. The maximum absolute atomic E-state index is 13.2. The highest BCUT2D eigenvalue weighted by Gasteiger charge is 2.32. The molecule has 0 heterocycles. The van der Waals surface area contributed by atoms with E-state index in [-0.39, 0.29) is 23.5 Å². The third kappa shape index (κ3) is 4.20. The quantitative estimate of drug-likeness (QED) is 0.421. The summed E-state index contributed by atoms with van der Waals surface area (Å²) in [6, 6.07) is 24.4. The lowest BCUT2D eigenvalue weighted by atomic mass is 9.78. The second-order valence-corrected chi connectivity index (χ2v) is 8.25. The Kier molecular flexibility index (Phi) is 5.80. The first kappa shape index (κ1) is 20.1. The van der Waals surface area contributed by atoms with Crippen LogP contribution in [-0.2, 0) is 11.2 Å². The van der Waals surface area contributed by atoms with Crippen molar-refractivity contribution in [3.8, 4) is 0 Å². The van der Waals surface area contributed by atoms with E-state index >= 15 is 0 Å². The van der Waals surface area contributed by atoms with E-state index in [1.165, 1.54) is 0 Å². The van der Waals surface area contributed by atoms with Crippen molar-refractivity contribution in [1.82, 2.24) is 0 Å². The maximum Gasteiger partial charge on any atom is 0.168 e. The van der Waals surface area contributed by atoms with Crippen LogP contribution < -0.4 is 0 Å². The molecule has 0 radical (unpaired) electrons. The summed E-state index contributed by atoms with van der Waals surface area (Å²) in [5.41, 5.74) is 3.31. The van der Waals surface area contributed by atoms with Crippen LogP contribution in [0.2, 0.25) is 0 Å². The summed E-state index contributed by atoms with van der Waals surface area (Å²) in [5, 5.41) is 13.3. The van der Waals surface area contributed by atoms with Gasteiger partial charge in [-0.05, 0) is 48.1 Å². The maximum atomic E-state index is 13.2. The highest BCUT2D eigenvalue weighted by Crippen LogP contribution is 2.34. The monoisotopic (exact) mass is 397 g/mol. The summed E-state index contributed by atoms with van der Waals surface area (Å²) >= 11 is 0. The van der Waals surface area contributed by atoms with Crippen LogP contribution in [0.4, 0.5) is 0 Å². The van der Waals surface area contributed by atoms with Crippen molar-refractivity contribution in [3.63, 3.8) is 0 Å². The van der Waals surface area contributed by atoms with E-state index in [1.54, 1.807) is 0 Å². The molecule has 0 aromatic heterocycles. The third-order valence-electron chi connectivity index (χ3n) is 5.65. The number of benzene rings is 3. The molecule has 3 heteroatoms. The lowest BCUT2D eigenvalue weighted by Crippen LogP contribution is -2.27. The molecule has 1 aliphatic rings. The lowest BCUT2D eigenvalue weighted by molar-refractivity contribution is -0.115. The highest BCUT2D eigenvalue weighted by molar-refractivity contribution is 6.24. The molecule has 0 spiro atoms. The number of carbonyl (C=O) groups excluding carboxylic acids is 1. The van der Waals surface area contributed by atoms with Crippen LogP contribution in [0.1, 0.15) is 43.7 Å². The Morgan fingerprint density at radius 1 is 0.967 bits per heavy atom.